The van der Waals surface area contributed by atoms with Crippen LogP contribution in [-0.2, 0) is 16.0 Å². The Kier molecular flexibility index (Phi) is 3.34. The summed E-state index contributed by atoms with van der Waals surface area (Å²) in [6.07, 6.45) is 2.03. The molecule has 1 aromatic heterocycles. The van der Waals surface area contributed by atoms with Crippen LogP contribution < -0.4 is 0 Å². The van der Waals surface area contributed by atoms with Crippen molar-refractivity contribution in [3.8, 4) is 0 Å². The Morgan fingerprint density at radius 1 is 1.42 bits per heavy atom. The summed E-state index contributed by atoms with van der Waals surface area (Å²) in [5.74, 6) is 0.684. The van der Waals surface area contributed by atoms with Gasteiger partial charge in [-0.3, -0.25) is 4.79 Å². The molecule has 1 aromatic carbocycles. The quantitative estimate of drug-likeness (QED) is 0.847. The molecule has 4 nitrogen and oxygen atoms in total. The number of fused-ring (bicyclic) bond motifs is 1. The summed E-state index contributed by atoms with van der Waals surface area (Å²) in [7, 11) is 0. The Morgan fingerprint density at radius 2 is 2.26 bits per heavy atom. The first kappa shape index (κ1) is 12.4. The molecule has 0 aliphatic carbocycles. The molecule has 2 heterocycles. The van der Waals surface area contributed by atoms with Gasteiger partial charge in [0.1, 0.15) is 11.3 Å². The maximum Gasteiger partial charge on any atom is 0.202 e. The second-order valence-corrected chi connectivity index (χ2v) is 4.93. The number of oxazole rings is 1. The molecule has 100 valence electrons. The molecule has 3 rings (SSSR count). The average Bonchev–Trinajstić information content (AvgIpc) is 3.03. The van der Waals surface area contributed by atoms with E-state index in [-0.39, 0.29) is 24.2 Å². The van der Waals surface area contributed by atoms with E-state index < -0.39 is 0 Å². The fourth-order valence-electron chi connectivity index (χ4n) is 2.69. The highest BCUT2D eigenvalue weighted by Crippen LogP contribution is 2.26. The van der Waals surface area contributed by atoms with Gasteiger partial charge < -0.3 is 9.15 Å². The van der Waals surface area contributed by atoms with Gasteiger partial charge in [0.15, 0.2) is 5.58 Å². The van der Waals surface area contributed by atoms with Crippen molar-refractivity contribution in [2.24, 2.45) is 5.92 Å². The van der Waals surface area contributed by atoms with Crippen LogP contribution >= 0.6 is 0 Å². The largest absolute Gasteiger partial charge is 0.440 e. The van der Waals surface area contributed by atoms with Gasteiger partial charge in [0, 0.05) is 12.5 Å². The Hall–Kier alpha value is -1.68. The zero-order chi connectivity index (χ0) is 13.2. The topological polar surface area (TPSA) is 52.3 Å². The molecular formula is C15H17NO3. The van der Waals surface area contributed by atoms with Gasteiger partial charge in [-0.05, 0) is 25.0 Å². The monoisotopic (exact) mass is 259 g/mol. The van der Waals surface area contributed by atoms with Crippen molar-refractivity contribution in [3.05, 3.63) is 30.2 Å². The average molecular weight is 259 g/mol. The van der Waals surface area contributed by atoms with Gasteiger partial charge in [-0.15, -0.1) is 0 Å². The molecule has 1 saturated heterocycles. The van der Waals surface area contributed by atoms with Crippen LogP contribution in [-0.4, -0.2) is 23.5 Å². The second-order valence-electron chi connectivity index (χ2n) is 4.93. The van der Waals surface area contributed by atoms with Crippen LogP contribution in [0.1, 0.15) is 25.7 Å². The van der Waals surface area contributed by atoms with Crippen molar-refractivity contribution in [3.63, 3.8) is 0 Å². The summed E-state index contributed by atoms with van der Waals surface area (Å²) in [6.45, 7) is 2.73. The Labute approximate surface area is 111 Å². The third-order valence-electron chi connectivity index (χ3n) is 3.69. The fourth-order valence-corrected chi connectivity index (χ4v) is 2.69. The fraction of sp³-hybridized carbons (Fsp3) is 0.467. The molecule has 0 N–H and O–H groups in total. The van der Waals surface area contributed by atoms with Crippen molar-refractivity contribution in [1.82, 2.24) is 4.98 Å². The first-order chi connectivity index (χ1) is 9.28. The summed E-state index contributed by atoms with van der Waals surface area (Å²) in [5, 5.41) is 0. The molecule has 0 spiro atoms. The second kappa shape index (κ2) is 5.13. The maximum absolute atomic E-state index is 12.3. The molecule has 0 saturated carbocycles. The molecule has 4 heteroatoms. The molecule has 2 unspecified atom stereocenters. The van der Waals surface area contributed by atoms with E-state index in [2.05, 4.69) is 11.9 Å². The summed E-state index contributed by atoms with van der Waals surface area (Å²) >= 11 is 0. The zero-order valence-electron chi connectivity index (χ0n) is 11.0. The third kappa shape index (κ3) is 2.40. The lowest BCUT2D eigenvalue weighted by molar-refractivity contribution is -0.124. The maximum atomic E-state index is 12.3. The van der Waals surface area contributed by atoms with Gasteiger partial charge in [-0.1, -0.05) is 19.1 Å². The standard InChI is InChI=1S/C15H17NO3/c1-2-13-10(7-8-18-13)12(17)9-15-16-11-5-3-4-6-14(11)19-15/h3-6,10,13H,2,7-9H2,1H3. The number of carbonyl (C=O) groups is 1. The molecule has 0 radical (unpaired) electrons. The third-order valence-corrected chi connectivity index (χ3v) is 3.69. The van der Waals surface area contributed by atoms with E-state index in [0.29, 0.717) is 12.5 Å². The SMILES string of the molecule is CCC1OCCC1C(=O)Cc1nc2ccccc2o1. The molecule has 19 heavy (non-hydrogen) atoms. The van der Waals surface area contributed by atoms with E-state index in [1.807, 2.05) is 24.3 Å². The normalized spacial score (nSPS) is 23.0. The van der Waals surface area contributed by atoms with Gasteiger partial charge in [0.05, 0.1) is 12.5 Å². The van der Waals surface area contributed by atoms with Crippen molar-refractivity contribution < 1.29 is 13.9 Å². The highest BCUT2D eigenvalue weighted by atomic mass is 16.5. The molecule has 2 aromatic rings. The van der Waals surface area contributed by atoms with Crippen molar-refractivity contribution in [1.29, 1.82) is 0 Å². The van der Waals surface area contributed by atoms with Crippen LogP contribution in [0.4, 0.5) is 0 Å². The summed E-state index contributed by atoms with van der Waals surface area (Å²) in [6, 6.07) is 7.57. The van der Waals surface area contributed by atoms with Crippen LogP contribution in [0.3, 0.4) is 0 Å². The van der Waals surface area contributed by atoms with Crippen LogP contribution in [0.2, 0.25) is 0 Å². The minimum Gasteiger partial charge on any atom is -0.440 e. The number of aromatic nitrogens is 1. The van der Waals surface area contributed by atoms with Crippen LogP contribution in [0.25, 0.3) is 11.1 Å². The number of hydrogen-bond donors (Lipinski definition) is 0. The number of carbonyl (C=O) groups excluding carboxylic acids is 1. The van der Waals surface area contributed by atoms with Crippen molar-refractivity contribution >= 4 is 16.9 Å². The van der Waals surface area contributed by atoms with Crippen LogP contribution in [0.5, 0.6) is 0 Å². The van der Waals surface area contributed by atoms with E-state index in [1.165, 1.54) is 0 Å². The van der Waals surface area contributed by atoms with Crippen molar-refractivity contribution in [2.75, 3.05) is 6.61 Å². The number of ketones is 1. The first-order valence-corrected chi connectivity index (χ1v) is 6.76. The van der Waals surface area contributed by atoms with Crippen molar-refractivity contribution in [2.45, 2.75) is 32.3 Å². The van der Waals surface area contributed by atoms with E-state index in [1.54, 1.807) is 0 Å². The predicted molar refractivity (Wildman–Crippen MR) is 70.9 cm³/mol. The Balaban J connectivity index is 1.75. The Morgan fingerprint density at radius 3 is 3.05 bits per heavy atom. The molecule has 0 amide bonds. The smallest absolute Gasteiger partial charge is 0.202 e. The van der Waals surface area contributed by atoms with Gasteiger partial charge in [-0.2, -0.15) is 0 Å². The van der Waals surface area contributed by atoms with Gasteiger partial charge in [-0.25, -0.2) is 4.98 Å². The lowest BCUT2D eigenvalue weighted by atomic mass is 9.93. The predicted octanol–water partition coefficient (Wildman–Crippen LogP) is 2.75. The van der Waals surface area contributed by atoms with Crippen LogP contribution in [0.15, 0.2) is 28.7 Å². The Bertz CT molecular complexity index is 557. The molecule has 0 bridgehead atoms. The summed E-state index contributed by atoms with van der Waals surface area (Å²) < 4.78 is 11.2. The molecule has 1 fully saturated rings. The molecule has 1 aliphatic rings. The molecule has 1 aliphatic heterocycles. The van der Waals surface area contributed by atoms with Crippen LogP contribution in [0, 0.1) is 5.92 Å². The lowest BCUT2D eigenvalue weighted by Gasteiger charge is -2.14. The summed E-state index contributed by atoms with van der Waals surface area (Å²) in [4.78, 5) is 16.6. The summed E-state index contributed by atoms with van der Waals surface area (Å²) in [5.41, 5.74) is 1.54. The van der Waals surface area contributed by atoms with E-state index in [0.717, 1.165) is 23.9 Å². The zero-order valence-corrected chi connectivity index (χ0v) is 11.0. The van der Waals surface area contributed by atoms with Gasteiger partial charge >= 0.3 is 0 Å². The minimum atomic E-state index is 0.0000113. The van der Waals surface area contributed by atoms with E-state index in [9.17, 15) is 4.79 Å². The number of hydrogen-bond acceptors (Lipinski definition) is 4. The highest BCUT2D eigenvalue weighted by Gasteiger charge is 2.33. The number of nitrogens with zero attached hydrogens (tertiary/aromatic N) is 1. The van der Waals surface area contributed by atoms with Gasteiger partial charge in [0.2, 0.25) is 5.89 Å². The highest BCUT2D eigenvalue weighted by molar-refractivity contribution is 5.84. The number of ether oxygens (including phenoxy) is 1. The number of benzene rings is 1. The van der Waals surface area contributed by atoms with E-state index >= 15 is 0 Å². The lowest BCUT2D eigenvalue weighted by Crippen LogP contribution is -2.25. The first-order valence-electron chi connectivity index (χ1n) is 6.76. The molecular weight excluding hydrogens is 242 g/mol. The van der Waals surface area contributed by atoms with E-state index in [4.69, 9.17) is 9.15 Å². The molecule has 2 atom stereocenters. The minimum absolute atomic E-state index is 0.0000113. The van der Waals surface area contributed by atoms with Gasteiger partial charge in [0.25, 0.3) is 0 Å². The number of para-hydroxylation sites is 2. The number of rotatable bonds is 4. The number of Topliss-reactive ketones (excluding diaryl/α,β-unsaturated/α-hetero) is 1.